The highest BCUT2D eigenvalue weighted by atomic mass is 32.2. The maximum Gasteiger partial charge on any atom is 0.241 e. The van der Waals surface area contributed by atoms with Crippen molar-refractivity contribution in [1.82, 2.24) is 9.71 Å². The molecular formula is C13H13N3O2S2. The second-order valence-electron chi connectivity index (χ2n) is 4.28. The summed E-state index contributed by atoms with van der Waals surface area (Å²) >= 11 is 1.41. The summed E-state index contributed by atoms with van der Waals surface area (Å²) < 4.78 is 27.1. The molecule has 1 aromatic heterocycles. The van der Waals surface area contributed by atoms with Gasteiger partial charge in [0.15, 0.2) is 0 Å². The van der Waals surface area contributed by atoms with E-state index >= 15 is 0 Å². The van der Waals surface area contributed by atoms with Crippen molar-refractivity contribution in [2.24, 2.45) is 0 Å². The molecule has 5 nitrogen and oxygen atoms in total. The molecule has 7 heteroatoms. The van der Waals surface area contributed by atoms with Gasteiger partial charge in [-0.3, -0.25) is 0 Å². The molecule has 0 aliphatic carbocycles. The van der Waals surface area contributed by atoms with Crippen LogP contribution in [0.5, 0.6) is 0 Å². The van der Waals surface area contributed by atoms with E-state index in [0.717, 1.165) is 10.6 Å². The van der Waals surface area contributed by atoms with Gasteiger partial charge in [-0.25, -0.2) is 18.1 Å². The quantitative estimate of drug-likeness (QED) is 0.937. The van der Waals surface area contributed by atoms with Crippen LogP contribution >= 0.6 is 11.3 Å². The van der Waals surface area contributed by atoms with E-state index in [1.54, 1.807) is 24.6 Å². The van der Waals surface area contributed by atoms with Gasteiger partial charge in [0.05, 0.1) is 27.7 Å². The molecule has 20 heavy (non-hydrogen) atoms. The zero-order valence-electron chi connectivity index (χ0n) is 11.0. The number of hydrogen-bond donors (Lipinski definition) is 1. The summed E-state index contributed by atoms with van der Waals surface area (Å²) in [5.74, 6) is 0. The molecule has 0 saturated carbocycles. The summed E-state index contributed by atoms with van der Waals surface area (Å²) in [5, 5.41) is 8.86. The van der Waals surface area contributed by atoms with Crippen LogP contribution in [0.4, 0.5) is 0 Å². The number of rotatable bonds is 4. The zero-order chi connectivity index (χ0) is 14.8. The van der Waals surface area contributed by atoms with Gasteiger partial charge in [-0.1, -0.05) is 6.07 Å². The van der Waals surface area contributed by atoms with Crippen LogP contribution in [0.1, 0.15) is 21.7 Å². The Morgan fingerprint density at radius 1 is 1.40 bits per heavy atom. The second-order valence-corrected chi connectivity index (χ2v) is 6.95. The number of thiazole rings is 1. The molecule has 104 valence electrons. The largest absolute Gasteiger partial charge is 0.250 e. The molecule has 1 N–H and O–H groups in total. The number of sulfonamides is 1. The normalized spacial score (nSPS) is 11.2. The molecule has 0 radical (unpaired) electrons. The second kappa shape index (κ2) is 5.71. The van der Waals surface area contributed by atoms with Gasteiger partial charge >= 0.3 is 0 Å². The van der Waals surface area contributed by atoms with E-state index in [-0.39, 0.29) is 11.4 Å². The van der Waals surface area contributed by atoms with Crippen molar-refractivity contribution in [2.45, 2.75) is 25.3 Å². The predicted molar refractivity (Wildman–Crippen MR) is 76.8 cm³/mol. The van der Waals surface area contributed by atoms with Gasteiger partial charge in [0.25, 0.3) is 0 Å². The van der Waals surface area contributed by atoms with E-state index in [4.69, 9.17) is 5.26 Å². The number of aromatic nitrogens is 1. The Kier molecular flexibility index (Phi) is 4.18. The van der Waals surface area contributed by atoms with Crippen LogP contribution in [0, 0.1) is 25.2 Å². The van der Waals surface area contributed by atoms with Crippen LogP contribution in [-0.2, 0) is 16.6 Å². The average Bonchev–Trinajstić information content (AvgIpc) is 2.82. The monoisotopic (exact) mass is 307 g/mol. The van der Waals surface area contributed by atoms with E-state index in [1.165, 1.54) is 17.4 Å². The third-order valence-corrected chi connectivity index (χ3v) is 5.35. The summed E-state index contributed by atoms with van der Waals surface area (Å²) in [5.41, 5.74) is 3.43. The highest BCUT2D eigenvalue weighted by molar-refractivity contribution is 7.89. The lowest BCUT2D eigenvalue weighted by Crippen LogP contribution is -2.24. The van der Waals surface area contributed by atoms with E-state index < -0.39 is 10.0 Å². The van der Waals surface area contributed by atoms with Gasteiger partial charge in [-0.2, -0.15) is 5.26 Å². The molecule has 1 aromatic carbocycles. The predicted octanol–water partition coefficient (Wildman–Crippen LogP) is 2.11. The molecule has 0 amide bonds. The van der Waals surface area contributed by atoms with Crippen LogP contribution in [-0.4, -0.2) is 13.4 Å². The van der Waals surface area contributed by atoms with Crippen LogP contribution in [0.3, 0.4) is 0 Å². The Morgan fingerprint density at radius 2 is 2.15 bits per heavy atom. The topological polar surface area (TPSA) is 82.8 Å². The van der Waals surface area contributed by atoms with Crippen molar-refractivity contribution in [1.29, 1.82) is 5.26 Å². The highest BCUT2D eigenvalue weighted by Crippen LogP contribution is 2.18. The maximum absolute atomic E-state index is 12.3. The first-order chi connectivity index (χ1) is 9.44. The third kappa shape index (κ3) is 3.04. The van der Waals surface area contributed by atoms with Gasteiger partial charge in [0.1, 0.15) is 0 Å². The van der Waals surface area contributed by atoms with Gasteiger partial charge in [-0.15, -0.1) is 11.3 Å². The van der Waals surface area contributed by atoms with Gasteiger partial charge < -0.3 is 0 Å². The van der Waals surface area contributed by atoms with Crippen LogP contribution < -0.4 is 4.72 Å². The Morgan fingerprint density at radius 3 is 2.75 bits per heavy atom. The number of nitriles is 1. The molecule has 2 aromatic rings. The van der Waals surface area contributed by atoms with Crippen LogP contribution in [0.25, 0.3) is 0 Å². The smallest absolute Gasteiger partial charge is 0.241 e. The van der Waals surface area contributed by atoms with Crippen molar-refractivity contribution in [3.63, 3.8) is 0 Å². The fourth-order valence-corrected chi connectivity index (χ4v) is 3.77. The lowest BCUT2D eigenvalue weighted by atomic mass is 10.2. The zero-order valence-corrected chi connectivity index (χ0v) is 12.7. The third-order valence-electron chi connectivity index (χ3n) is 2.87. The Bertz CT molecular complexity index is 773. The molecule has 0 atom stereocenters. The molecule has 2 rings (SSSR count). The fourth-order valence-electron chi connectivity index (χ4n) is 1.69. The lowest BCUT2D eigenvalue weighted by Gasteiger charge is -2.09. The summed E-state index contributed by atoms with van der Waals surface area (Å²) in [7, 11) is -3.64. The minimum absolute atomic E-state index is 0.138. The molecule has 0 aliphatic rings. The molecular weight excluding hydrogens is 294 g/mol. The van der Waals surface area contributed by atoms with Crippen molar-refractivity contribution < 1.29 is 8.42 Å². The number of nitrogens with zero attached hydrogens (tertiary/aromatic N) is 2. The molecule has 0 spiro atoms. The SMILES string of the molecule is Cc1ccc(C#N)cc1S(=O)(=O)NCc1scnc1C. The first kappa shape index (κ1) is 14.7. The highest BCUT2D eigenvalue weighted by Gasteiger charge is 2.18. The summed E-state index contributed by atoms with van der Waals surface area (Å²) in [4.78, 5) is 5.09. The van der Waals surface area contributed by atoms with Crippen molar-refractivity contribution in [3.8, 4) is 6.07 Å². The molecule has 1 heterocycles. The fraction of sp³-hybridized carbons (Fsp3) is 0.231. The summed E-state index contributed by atoms with van der Waals surface area (Å²) in [6.45, 7) is 3.74. The van der Waals surface area contributed by atoms with Gasteiger partial charge in [0.2, 0.25) is 10.0 Å². The number of aryl methyl sites for hydroxylation is 2. The van der Waals surface area contributed by atoms with Crippen molar-refractivity contribution >= 4 is 21.4 Å². The lowest BCUT2D eigenvalue weighted by molar-refractivity contribution is 0.581. The van der Waals surface area contributed by atoms with E-state index in [2.05, 4.69) is 9.71 Å². The molecule has 0 unspecified atom stereocenters. The number of nitrogens with one attached hydrogen (secondary N) is 1. The van der Waals surface area contributed by atoms with E-state index in [1.807, 2.05) is 13.0 Å². The van der Waals surface area contributed by atoms with Gasteiger partial charge in [0, 0.05) is 11.4 Å². The molecule has 0 saturated heterocycles. The van der Waals surface area contributed by atoms with Crippen molar-refractivity contribution in [3.05, 3.63) is 45.4 Å². The first-order valence-electron chi connectivity index (χ1n) is 5.83. The first-order valence-corrected chi connectivity index (χ1v) is 8.19. The Hall–Kier alpha value is -1.75. The van der Waals surface area contributed by atoms with Crippen LogP contribution in [0.15, 0.2) is 28.6 Å². The average molecular weight is 307 g/mol. The van der Waals surface area contributed by atoms with E-state index in [0.29, 0.717) is 11.1 Å². The minimum Gasteiger partial charge on any atom is -0.250 e. The molecule has 0 bridgehead atoms. The summed E-state index contributed by atoms with van der Waals surface area (Å²) in [6.07, 6.45) is 0. The Labute approximate surface area is 122 Å². The standard InChI is InChI=1S/C13H13N3O2S2/c1-9-3-4-11(6-14)5-13(9)20(17,18)16-7-12-10(2)15-8-19-12/h3-5,8,16H,7H2,1-2H3. The van der Waals surface area contributed by atoms with Gasteiger partial charge in [-0.05, 0) is 31.5 Å². The molecule has 0 fully saturated rings. The van der Waals surface area contributed by atoms with Crippen molar-refractivity contribution in [2.75, 3.05) is 0 Å². The maximum atomic E-state index is 12.3. The van der Waals surface area contributed by atoms with Crippen LogP contribution in [0.2, 0.25) is 0 Å². The summed E-state index contributed by atoms with van der Waals surface area (Å²) in [6, 6.07) is 6.56. The van der Waals surface area contributed by atoms with E-state index in [9.17, 15) is 8.42 Å². The number of hydrogen-bond acceptors (Lipinski definition) is 5. The minimum atomic E-state index is -3.64. The number of benzene rings is 1. The molecule has 0 aliphatic heterocycles. The Balaban J connectivity index is 2.27.